The number of benzene rings is 3. The van der Waals surface area contributed by atoms with Gasteiger partial charge in [-0.2, -0.15) is 0 Å². The monoisotopic (exact) mass is 841 g/mol. The molecule has 1 aliphatic carbocycles. The second-order valence-electron chi connectivity index (χ2n) is 17.4. The van der Waals surface area contributed by atoms with E-state index in [1.807, 2.05) is 99.9 Å². The highest BCUT2D eigenvalue weighted by molar-refractivity contribution is 7.13. The molecule has 3 aliphatic rings. The summed E-state index contributed by atoms with van der Waals surface area (Å²) in [6, 6.07) is 23.7. The number of thiazole rings is 1. The average molecular weight is 842 g/mol. The number of amides is 2. The van der Waals surface area contributed by atoms with Gasteiger partial charge in [0.25, 0.3) is 0 Å². The number of aromatic nitrogens is 4. The third-order valence-electron chi connectivity index (χ3n) is 12.9. The number of phenolic OH excluding ortho intramolecular Hbond substituents is 1. The van der Waals surface area contributed by atoms with Gasteiger partial charge < -0.3 is 34.6 Å². The Morgan fingerprint density at radius 3 is 2.48 bits per heavy atom. The van der Waals surface area contributed by atoms with Crippen LogP contribution in [0.25, 0.3) is 32.6 Å². The third-order valence-corrected chi connectivity index (χ3v) is 13.9. The summed E-state index contributed by atoms with van der Waals surface area (Å²) in [6.45, 7) is 9.55. The third kappa shape index (κ3) is 8.18. The molecule has 2 aliphatic heterocycles. The van der Waals surface area contributed by atoms with E-state index < -0.39 is 18.1 Å². The SMILES string of the molecule is Cc1ncsc1-c1ccc(C(C)NC(=O)[C@@H]2C[C@@H](O)CN2C(=O)C(c2cc(N3CCC4(CC3)CC(Oc3ccc5nnc(-c6ccccc6O)cc5c3)C4)no2)C(C)C)cc1. The van der Waals surface area contributed by atoms with Crippen LogP contribution in [-0.2, 0) is 9.59 Å². The summed E-state index contributed by atoms with van der Waals surface area (Å²) in [5.74, 6) is 0.779. The number of β-amino-alcohol motifs (C(OH)–C–C–N with tert-alkyl or cyclic N) is 1. The van der Waals surface area contributed by atoms with Gasteiger partial charge in [0.1, 0.15) is 23.5 Å². The first-order chi connectivity index (χ1) is 29.4. The Hall–Kier alpha value is -5.86. The lowest BCUT2D eigenvalue weighted by atomic mass is 9.61. The number of piperidine rings is 1. The largest absolute Gasteiger partial charge is 0.507 e. The van der Waals surface area contributed by atoms with E-state index >= 15 is 0 Å². The van der Waals surface area contributed by atoms with E-state index in [1.165, 1.54) is 4.90 Å². The maximum absolute atomic E-state index is 14.3. The number of ether oxygens (including phenoxy) is 1. The highest BCUT2D eigenvalue weighted by Crippen LogP contribution is 2.51. The fraction of sp³-hybridized carbons (Fsp3) is 0.404. The molecular formula is C47H51N7O6S. The van der Waals surface area contributed by atoms with Crippen molar-refractivity contribution in [2.75, 3.05) is 24.5 Å². The fourth-order valence-electron chi connectivity index (χ4n) is 9.41. The zero-order valence-electron chi connectivity index (χ0n) is 34.8. The molecule has 2 saturated heterocycles. The van der Waals surface area contributed by atoms with Crippen molar-refractivity contribution in [2.24, 2.45) is 11.3 Å². The number of carbonyl (C=O) groups excluding carboxylic acids is 2. The van der Waals surface area contributed by atoms with E-state index in [2.05, 4.69) is 30.6 Å². The maximum Gasteiger partial charge on any atom is 0.243 e. The van der Waals surface area contributed by atoms with Gasteiger partial charge in [0.05, 0.1) is 45.5 Å². The summed E-state index contributed by atoms with van der Waals surface area (Å²) in [4.78, 5) is 37.3. The van der Waals surface area contributed by atoms with Crippen molar-refractivity contribution in [3.05, 3.63) is 101 Å². The molecule has 61 heavy (non-hydrogen) atoms. The van der Waals surface area contributed by atoms with Crippen LogP contribution >= 0.6 is 11.3 Å². The molecule has 13 nitrogen and oxygen atoms in total. The van der Waals surface area contributed by atoms with Gasteiger partial charge in [-0.05, 0) is 98.4 Å². The molecule has 2 amide bonds. The Morgan fingerprint density at radius 2 is 1.75 bits per heavy atom. The minimum Gasteiger partial charge on any atom is -0.507 e. The smallest absolute Gasteiger partial charge is 0.243 e. The lowest BCUT2D eigenvalue weighted by molar-refractivity contribution is -0.141. The number of nitrogens with zero attached hydrogens (tertiary/aromatic N) is 6. The Kier molecular flexibility index (Phi) is 11.0. The van der Waals surface area contributed by atoms with Gasteiger partial charge in [-0.3, -0.25) is 9.59 Å². The molecule has 9 rings (SSSR count). The Bertz CT molecular complexity index is 2540. The summed E-state index contributed by atoms with van der Waals surface area (Å²) in [6.07, 6.45) is 3.42. The van der Waals surface area contributed by atoms with E-state index in [4.69, 9.17) is 9.26 Å². The number of para-hydroxylation sites is 1. The minimum atomic E-state index is -0.806. The number of carbonyl (C=O) groups is 2. The molecule has 14 heteroatoms. The summed E-state index contributed by atoms with van der Waals surface area (Å²) < 4.78 is 12.4. The topological polar surface area (TPSA) is 167 Å². The van der Waals surface area contributed by atoms with E-state index in [1.54, 1.807) is 23.5 Å². The summed E-state index contributed by atoms with van der Waals surface area (Å²) in [5, 5.41) is 38.2. The molecule has 1 spiro atoms. The zero-order chi connectivity index (χ0) is 42.4. The number of likely N-dealkylation sites (tertiary alicyclic amines) is 1. The van der Waals surface area contributed by atoms with Crippen molar-refractivity contribution in [3.63, 3.8) is 0 Å². The summed E-state index contributed by atoms with van der Waals surface area (Å²) in [5.41, 5.74) is 7.05. The quantitative estimate of drug-likeness (QED) is 0.116. The molecule has 4 atom stereocenters. The maximum atomic E-state index is 14.3. The van der Waals surface area contributed by atoms with Gasteiger partial charge in [-0.1, -0.05) is 55.4 Å². The normalized spacial score (nSPS) is 19.9. The molecule has 5 heterocycles. The van der Waals surface area contributed by atoms with Gasteiger partial charge in [0.2, 0.25) is 11.8 Å². The van der Waals surface area contributed by atoms with Crippen molar-refractivity contribution in [1.29, 1.82) is 0 Å². The standard InChI is InChI=1S/C47H51N7O6S/c1-27(2)43(46(58)54-25-33(55)21-39(54)45(57)49-28(3)30-9-11-31(12-10-30)44-29(4)48-26-61-44)41-22-42(52-60-41)53-17-15-47(16-18-53)23-35(24-47)59-34-13-14-37-32(19-34)20-38(51-50-37)36-7-5-6-8-40(36)56/h5-14,19-20,22,26-28,33,35,39,43,55-56H,15-18,21,23-25H2,1-4H3,(H,49,57)/t28?,33-,39+,43?/m1/s1. The number of hydrogen-bond donors (Lipinski definition) is 3. The van der Waals surface area contributed by atoms with E-state index in [9.17, 15) is 19.8 Å². The lowest BCUT2D eigenvalue weighted by Crippen LogP contribution is -2.51. The number of hydrogen-bond acceptors (Lipinski definition) is 12. The molecular weight excluding hydrogens is 791 g/mol. The van der Waals surface area contributed by atoms with Gasteiger partial charge in [-0.15, -0.1) is 21.5 Å². The van der Waals surface area contributed by atoms with Crippen molar-refractivity contribution < 1.29 is 29.1 Å². The zero-order valence-corrected chi connectivity index (χ0v) is 35.6. The second-order valence-corrected chi connectivity index (χ2v) is 18.3. The molecule has 0 bridgehead atoms. The van der Waals surface area contributed by atoms with Crippen LogP contribution in [0, 0.1) is 18.3 Å². The van der Waals surface area contributed by atoms with E-state index in [0.29, 0.717) is 22.8 Å². The number of aliphatic hydroxyl groups excluding tert-OH is 1. The number of aromatic hydroxyl groups is 1. The fourth-order valence-corrected chi connectivity index (χ4v) is 10.2. The van der Waals surface area contributed by atoms with Crippen molar-refractivity contribution in [1.82, 2.24) is 30.6 Å². The van der Waals surface area contributed by atoms with Crippen LogP contribution in [0.3, 0.4) is 0 Å². The first kappa shape index (κ1) is 40.5. The van der Waals surface area contributed by atoms with E-state index in [0.717, 1.165) is 77.1 Å². The number of nitrogens with one attached hydrogen (secondary N) is 1. The van der Waals surface area contributed by atoms with Crippen LogP contribution in [0.4, 0.5) is 5.82 Å². The Morgan fingerprint density at radius 1 is 0.984 bits per heavy atom. The van der Waals surface area contributed by atoms with Crippen LogP contribution in [0.15, 0.2) is 88.9 Å². The van der Waals surface area contributed by atoms with Crippen LogP contribution in [-0.4, -0.2) is 85.1 Å². The van der Waals surface area contributed by atoms with Gasteiger partial charge >= 0.3 is 0 Å². The average Bonchev–Trinajstić information content (AvgIpc) is 4.00. The number of aliphatic hydroxyl groups is 1. The lowest BCUT2D eigenvalue weighted by Gasteiger charge is -2.51. The molecule has 3 aromatic heterocycles. The highest BCUT2D eigenvalue weighted by atomic mass is 32.1. The second kappa shape index (κ2) is 16.5. The predicted molar refractivity (Wildman–Crippen MR) is 233 cm³/mol. The van der Waals surface area contributed by atoms with Crippen LogP contribution in [0.1, 0.15) is 81.9 Å². The van der Waals surface area contributed by atoms with Crippen molar-refractivity contribution >= 4 is 39.9 Å². The van der Waals surface area contributed by atoms with Gasteiger partial charge in [0, 0.05) is 43.1 Å². The number of anilines is 1. The van der Waals surface area contributed by atoms with Crippen LogP contribution in [0.2, 0.25) is 0 Å². The summed E-state index contributed by atoms with van der Waals surface area (Å²) in [7, 11) is 0. The molecule has 316 valence electrons. The van der Waals surface area contributed by atoms with Crippen LogP contribution in [0.5, 0.6) is 11.5 Å². The highest BCUT2D eigenvalue weighted by Gasteiger charge is 2.48. The van der Waals surface area contributed by atoms with Gasteiger partial charge in [-0.25, -0.2) is 4.98 Å². The van der Waals surface area contributed by atoms with Crippen LogP contribution < -0.4 is 15.0 Å². The molecule has 1 saturated carbocycles. The molecule has 3 N–H and O–H groups in total. The number of phenols is 1. The van der Waals surface area contributed by atoms with Crippen molar-refractivity contribution in [2.45, 2.75) is 90.0 Å². The Labute approximate surface area is 358 Å². The Balaban J connectivity index is 0.797. The molecule has 2 unspecified atom stereocenters. The molecule has 3 fully saturated rings. The molecule has 0 radical (unpaired) electrons. The molecule has 6 aromatic rings. The summed E-state index contributed by atoms with van der Waals surface area (Å²) >= 11 is 1.60. The first-order valence-corrected chi connectivity index (χ1v) is 22.0. The van der Waals surface area contributed by atoms with Crippen molar-refractivity contribution in [3.8, 4) is 33.2 Å². The number of fused-ring (bicyclic) bond motifs is 1. The number of aryl methyl sites for hydroxylation is 1. The van der Waals surface area contributed by atoms with Gasteiger partial charge in [0.15, 0.2) is 11.6 Å². The van der Waals surface area contributed by atoms with E-state index in [-0.39, 0.29) is 54.0 Å². The minimum absolute atomic E-state index is 0.0768. The predicted octanol–water partition coefficient (Wildman–Crippen LogP) is 7.83. The molecule has 3 aromatic carbocycles. The number of rotatable bonds is 11. The first-order valence-electron chi connectivity index (χ1n) is 21.2.